The zero-order valence-electron chi connectivity index (χ0n) is 6.87. The fourth-order valence-corrected chi connectivity index (χ4v) is 1.34. The van der Waals surface area contributed by atoms with Crippen LogP contribution in [0.1, 0.15) is 29.9 Å². The van der Waals surface area contributed by atoms with Crippen molar-refractivity contribution in [2.24, 2.45) is 10.3 Å². The van der Waals surface area contributed by atoms with E-state index in [2.05, 4.69) is 22.4 Å². The number of aromatic nitrogens is 2. The monoisotopic (exact) mass is 150 g/mol. The van der Waals surface area contributed by atoms with Crippen LogP contribution in [-0.2, 0) is 0 Å². The molecule has 1 aromatic rings. The predicted molar refractivity (Wildman–Crippen MR) is 40.4 cm³/mol. The zero-order chi connectivity index (χ0) is 8.01. The first kappa shape index (κ1) is 6.52. The molecule has 1 unspecified atom stereocenters. The summed E-state index contributed by atoms with van der Waals surface area (Å²) in [5.41, 5.74) is 3.38. The number of rotatable bonds is 0. The number of nitrogens with zero attached hydrogens (tertiary/aromatic N) is 4. The Bertz CT molecular complexity index is 323. The molecule has 1 aromatic heterocycles. The van der Waals surface area contributed by atoms with Crippen LogP contribution in [0.5, 0.6) is 0 Å². The summed E-state index contributed by atoms with van der Waals surface area (Å²) in [5, 5.41) is 12.1. The van der Waals surface area contributed by atoms with E-state index in [9.17, 15) is 0 Å². The lowest BCUT2D eigenvalue weighted by atomic mass is 10.1. The minimum atomic E-state index is 0.177. The van der Waals surface area contributed by atoms with Gasteiger partial charge < -0.3 is 0 Å². The van der Waals surface area contributed by atoms with E-state index in [4.69, 9.17) is 0 Å². The highest BCUT2D eigenvalue weighted by molar-refractivity contribution is 5.27. The van der Waals surface area contributed by atoms with E-state index in [0.717, 1.165) is 11.4 Å². The quantitative estimate of drug-likeness (QED) is 0.556. The topological polar surface area (TPSA) is 42.5 Å². The van der Waals surface area contributed by atoms with Gasteiger partial charge in [0.1, 0.15) is 6.04 Å². The van der Waals surface area contributed by atoms with Gasteiger partial charge in [-0.3, -0.25) is 0 Å². The molecule has 0 amide bonds. The molecule has 1 aliphatic rings. The molecule has 58 valence electrons. The minimum Gasteiger partial charge on any atom is -0.159 e. The van der Waals surface area contributed by atoms with Gasteiger partial charge in [0.25, 0.3) is 0 Å². The number of aryl methyl sites for hydroxylation is 1. The van der Waals surface area contributed by atoms with Crippen molar-refractivity contribution < 1.29 is 0 Å². The van der Waals surface area contributed by atoms with Crippen molar-refractivity contribution >= 4 is 0 Å². The second-order valence-corrected chi connectivity index (χ2v) is 2.87. The average Bonchev–Trinajstić information content (AvgIpc) is 2.41. The van der Waals surface area contributed by atoms with E-state index in [1.165, 1.54) is 5.56 Å². The molecule has 4 nitrogen and oxygen atoms in total. The Morgan fingerprint density at radius 3 is 2.73 bits per heavy atom. The summed E-state index contributed by atoms with van der Waals surface area (Å²) in [5.74, 6) is 0. The van der Waals surface area contributed by atoms with Crippen molar-refractivity contribution in [3.05, 3.63) is 17.0 Å². The summed E-state index contributed by atoms with van der Waals surface area (Å²) in [6, 6.07) is 0.177. The molecule has 0 saturated heterocycles. The van der Waals surface area contributed by atoms with Crippen molar-refractivity contribution in [1.82, 2.24) is 9.89 Å². The Kier molecular flexibility index (Phi) is 1.13. The smallest absolute Gasteiger partial charge is 0.114 e. The van der Waals surface area contributed by atoms with Gasteiger partial charge in [-0.15, -0.1) is 4.79 Å². The first-order valence-corrected chi connectivity index (χ1v) is 3.67. The van der Waals surface area contributed by atoms with Crippen molar-refractivity contribution in [2.75, 3.05) is 0 Å². The largest absolute Gasteiger partial charge is 0.159 e. The van der Waals surface area contributed by atoms with E-state index in [-0.39, 0.29) is 6.04 Å². The maximum absolute atomic E-state index is 4.20. The Morgan fingerprint density at radius 1 is 1.36 bits per heavy atom. The molecule has 2 heterocycles. The summed E-state index contributed by atoms with van der Waals surface area (Å²) in [6.45, 7) is 6.07. The number of hydrogen-bond donors (Lipinski definition) is 0. The van der Waals surface area contributed by atoms with Gasteiger partial charge in [0.15, 0.2) is 0 Å². The predicted octanol–water partition coefficient (Wildman–Crippen LogP) is 1.79. The minimum absolute atomic E-state index is 0.177. The van der Waals surface area contributed by atoms with Gasteiger partial charge in [0.2, 0.25) is 0 Å². The second-order valence-electron chi connectivity index (χ2n) is 2.87. The van der Waals surface area contributed by atoms with Crippen LogP contribution < -0.4 is 0 Å². The molecular weight excluding hydrogens is 140 g/mol. The molecule has 0 saturated carbocycles. The molecule has 11 heavy (non-hydrogen) atoms. The van der Waals surface area contributed by atoms with Gasteiger partial charge in [-0.25, -0.2) is 0 Å². The Labute approximate surface area is 64.9 Å². The summed E-state index contributed by atoms with van der Waals surface area (Å²) in [4.78, 5) is 1.62. The van der Waals surface area contributed by atoms with Crippen LogP contribution >= 0.6 is 0 Å². The van der Waals surface area contributed by atoms with E-state index >= 15 is 0 Å². The van der Waals surface area contributed by atoms with Gasteiger partial charge in [-0.05, 0) is 31.6 Å². The van der Waals surface area contributed by atoms with Crippen LogP contribution in [0.2, 0.25) is 0 Å². The third-order valence-electron chi connectivity index (χ3n) is 2.09. The molecule has 0 aromatic carbocycles. The standard InChI is InChI=1S/C7H10N4/c1-4-5(2)9-11-7(4)6(3)8-10-11/h6H,1-3H3. The van der Waals surface area contributed by atoms with Crippen LogP contribution in [0, 0.1) is 13.8 Å². The van der Waals surface area contributed by atoms with E-state index in [1.54, 1.807) is 4.79 Å². The highest BCUT2D eigenvalue weighted by atomic mass is 15.6. The van der Waals surface area contributed by atoms with Crippen LogP contribution in [0.3, 0.4) is 0 Å². The normalized spacial score (nSPS) is 20.8. The molecule has 0 radical (unpaired) electrons. The summed E-state index contributed by atoms with van der Waals surface area (Å²) >= 11 is 0. The zero-order valence-corrected chi connectivity index (χ0v) is 6.87. The maximum atomic E-state index is 4.20. The highest BCUT2D eigenvalue weighted by Gasteiger charge is 2.21. The molecule has 4 heteroatoms. The highest BCUT2D eigenvalue weighted by Crippen LogP contribution is 2.27. The van der Waals surface area contributed by atoms with Crippen molar-refractivity contribution in [1.29, 1.82) is 0 Å². The lowest BCUT2D eigenvalue weighted by molar-refractivity contribution is 0.708. The van der Waals surface area contributed by atoms with E-state index < -0.39 is 0 Å². The SMILES string of the molecule is Cc1nn2c(c1C)C(C)N=N2. The lowest BCUT2D eigenvalue weighted by Crippen LogP contribution is -1.93. The van der Waals surface area contributed by atoms with Crippen LogP contribution in [0.15, 0.2) is 10.3 Å². The first-order chi connectivity index (χ1) is 5.20. The molecule has 0 bridgehead atoms. The second kappa shape index (κ2) is 1.90. The molecule has 0 fully saturated rings. The molecule has 2 rings (SSSR count). The van der Waals surface area contributed by atoms with Gasteiger partial charge in [-0.2, -0.15) is 10.2 Å². The van der Waals surface area contributed by atoms with Gasteiger partial charge >= 0.3 is 0 Å². The van der Waals surface area contributed by atoms with Crippen LogP contribution in [-0.4, -0.2) is 9.89 Å². The fourth-order valence-electron chi connectivity index (χ4n) is 1.34. The van der Waals surface area contributed by atoms with Gasteiger partial charge in [0.05, 0.1) is 11.4 Å². The summed E-state index contributed by atoms with van der Waals surface area (Å²) in [6.07, 6.45) is 0. The Balaban J connectivity index is 2.66. The number of fused-ring (bicyclic) bond motifs is 1. The Morgan fingerprint density at radius 2 is 2.09 bits per heavy atom. The molecule has 1 aliphatic heterocycles. The van der Waals surface area contributed by atoms with Gasteiger partial charge in [-0.1, -0.05) is 0 Å². The maximum Gasteiger partial charge on any atom is 0.114 e. The van der Waals surface area contributed by atoms with Crippen LogP contribution in [0.4, 0.5) is 0 Å². The van der Waals surface area contributed by atoms with E-state index in [1.807, 2.05) is 13.8 Å². The number of hydrogen-bond acceptors (Lipinski definition) is 3. The van der Waals surface area contributed by atoms with Crippen molar-refractivity contribution in [3.8, 4) is 0 Å². The van der Waals surface area contributed by atoms with Gasteiger partial charge in [0, 0.05) is 0 Å². The summed E-state index contributed by atoms with van der Waals surface area (Å²) in [7, 11) is 0. The Hall–Kier alpha value is -1.19. The van der Waals surface area contributed by atoms with Crippen molar-refractivity contribution in [3.63, 3.8) is 0 Å². The first-order valence-electron chi connectivity index (χ1n) is 3.67. The fraction of sp³-hybridized carbons (Fsp3) is 0.571. The molecule has 1 atom stereocenters. The molecule has 0 aliphatic carbocycles. The molecule has 0 spiro atoms. The lowest BCUT2D eigenvalue weighted by Gasteiger charge is -1.95. The average molecular weight is 150 g/mol. The third-order valence-corrected chi connectivity index (χ3v) is 2.09. The third kappa shape index (κ3) is 0.721. The molecule has 0 N–H and O–H groups in total. The van der Waals surface area contributed by atoms with E-state index in [0.29, 0.717) is 0 Å². The molecular formula is C7H10N4. The van der Waals surface area contributed by atoms with Crippen molar-refractivity contribution in [2.45, 2.75) is 26.8 Å². The van der Waals surface area contributed by atoms with Crippen LogP contribution in [0.25, 0.3) is 0 Å². The summed E-state index contributed by atoms with van der Waals surface area (Å²) < 4.78 is 0.